The number of hydrogen-bond donors (Lipinski definition) is 1. The fourth-order valence-electron chi connectivity index (χ4n) is 9.44. The zero-order valence-corrected chi connectivity index (χ0v) is 38.9. The van der Waals surface area contributed by atoms with Crippen LogP contribution >= 0.6 is 0 Å². The SMILES string of the molecule is CC1CCN(C(=O)OCc2ccccc2)CC1c1cnc2cnc3[nH]ccc3n12.Cc1ccc(S(=O)(=O)n2ccc3c2ncc2ncc(C4CN(C(=O)OCc5ccccc5)CCC4C)n23)cc1. The Hall–Kier alpha value is -7.53. The molecule has 0 aliphatic carbocycles. The summed E-state index contributed by atoms with van der Waals surface area (Å²) in [5.41, 5.74) is 9.19. The third-order valence-electron chi connectivity index (χ3n) is 13.4. The molecular weight excluding hydrogens is 881 g/mol. The highest BCUT2D eigenvalue weighted by Crippen LogP contribution is 2.36. The monoisotopic (exact) mass is 932 g/mol. The standard InChI is InChI=1S/C29H29N5O4S.C22H23N5O2/c1-20-8-10-23(11-9-20)39(36,37)33-15-13-25-28(33)31-17-27-30-16-26(34(25)27)24-18-32(14-12-21(24)2)29(35)38-19-22-6-4-3-5-7-22;1-15-8-10-26(22(28)29-14-16-5-3-2-4-6-16)13-17(15)19-11-24-20-12-25-21-18(27(19)20)7-9-23-21/h3-11,13,15-17,21,24H,12,14,18-19H2,1-2H3;2-7,9,11-12,15,17,23H,8,10,13-14H2,1H3. The molecule has 16 nitrogen and oxygen atoms in total. The first-order chi connectivity index (χ1) is 33.0. The number of aromatic nitrogens is 8. The number of imidazole rings is 2. The smallest absolute Gasteiger partial charge is 0.410 e. The Balaban J connectivity index is 0.000000165. The molecule has 2 aliphatic heterocycles. The predicted molar refractivity (Wildman–Crippen MR) is 257 cm³/mol. The lowest BCUT2D eigenvalue weighted by molar-refractivity contribution is 0.0770. The van der Waals surface area contributed by atoms with E-state index < -0.39 is 10.0 Å². The molecule has 9 aromatic rings. The fraction of sp³-hybridized carbons (Fsp3) is 0.294. The summed E-state index contributed by atoms with van der Waals surface area (Å²) in [5, 5.41) is 0. The van der Waals surface area contributed by atoms with Crippen molar-refractivity contribution in [2.45, 2.75) is 63.6 Å². The molecule has 2 saturated heterocycles. The van der Waals surface area contributed by atoms with Gasteiger partial charge in [-0.15, -0.1) is 0 Å². The number of benzene rings is 3. The van der Waals surface area contributed by atoms with Gasteiger partial charge in [-0.2, -0.15) is 0 Å². The maximum absolute atomic E-state index is 13.5. The van der Waals surface area contributed by atoms with E-state index in [2.05, 4.69) is 43.2 Å². The maximum Gasteiger partial charge on any atom is 0.410 e. The zero-order chi connectivity index (χ0) is 46.9. The van der Waals surface area contributed by atoms with Crippen molar-refractivity contribution in [3.8, 4) is 0 Å². The van der Waals surface area contributed by atoms with E-state index in [-0.39, 0.29) is 41.4 Å². The highest BCUT2D eigenvalue weighted by Gasteiger charge is 2.35. The molecule has 2 aliphatic rings. The van der Waals surface area contributed by atoms with Crippen molar-refractivity contribution in [1.29, 1.82) is 0 Å². The highest BCUT2D eigenvalue weighted by molar-refractivity contribution is 7.90. The molecule has 348 valence electrons. The lowest BCUT2D eigenvalue weighted by Gasteiger charge is -2.36. The molecule has 68 heavy (non-hydrogen) atoms. The second kappa shape index (κ2) is 18.6. The van der Waals surface area contributed by atoms with Crippen molar-refractivity contribution in [2.24, 2.45) is 11.8 Å². The van der Waals surface area contributed by atoms with E-state index in [1.165, 1.54) is 10.2 Å². The van der Waals surface area contributed by atoms with Crippen molar-refractivity contribution in [1.82, 2.24) is 47.5 Å². The van der Waals surface area contributed by atoms with Gasteiger partial charge < -0.3 is 24.3 Å². The van der Waals surface area contributed by atoms with Crippen molar-refractivity contribution >= 4 is 55.8 Å². The number of rotatable bonds is 8. The summed E-state index contributed by atoms with van der Waals surface area (Å²) in [5.74, 6) is 0.893. The van der Waals surface area contributed by atoms with E-state index in [0.717, 1.165) is 57.7 Å². The Morgan fingerprint density at radius 3 is 1.74 bits per heavy atom. The summed E-state index contributed by atoms with van der Waals surface area (Å²) in [6.45, 7) is 9.27. The van der Waals surface area contributed by atoms with Gasteiger partial charge >= 0.3 is 12.2 Å². The molecule has 11 rings (SSSR count). The molecule has 6 aromatic heterocycles. The summed E-state index contributed by atoms with van der Waals surface area (Å²) in [6, 6.07) is 29.9. The maximum atomic E-state index is 13.5. The van der Waals surface area contributed by atoms with Gasteiger partial charge in [-0.05, 0) is 67.0 Å². The van der Waals surface area contributed by atoms with Gasteiger partial charge in [0.2, 0.25) is 0 Å². The van der Waals surface area contributed by atoms with E-state index in [1.54, 1.807) is 47.6 Å². The normalized spacial score (nSPS) is 18.8. The van der Waals surface area contributed by atoms with E-state index in [1.807, 2.05) is 102 Å². The largest absolute Gasteiger partial charge is 0.445 e. The number of amides is 2. The summed E-state index contributed by atoms with van der Waals surface area (Å²) in [4.78, 5) is 50.6. The lowest BCUT2D eigenvalue weighted by atomic mass is 9.85. The quantitative estimate of drug-likeness (QED) is 0.155. The second-order valence-electron chi connectivity index (χ2n) is 17.8. The molecule has 17 heteroatoms. The number of aryl methyl sites for hydroxylation is 1. The number of hydrogen-bond acceptors (Lipinski definition) is 10. The van der Waals surface area contributed by atoms with Gasteiger partial charge in [0.15, 0.2) is 22.6 Å². The van der Waals surface area contributed by atoms with Crippen LogP contribution in [-0.2, 0) is 32.7 Å². The number of ether oxygens (including phenoxy) is 2. The van der Waals surface area contributed by atoms with Crippen LogP contribution in [0.4, 0.5) is 9.59 Å². The van der Waals surface area contributed by atoms with E-state index in [0.29, 0.717) is 55.5 Å². The van der Waals surface area contributed by atoms with Crippen molar-refractivity contribution in [3.05, 3.63) is 162 Å². The number of H-pyrrole nitrogens is 1. The summed E-state index contributed by atoms with van der Waals surface area (Å²) in [6.07, 6.45) is 11.7. The van der Waals surface area contributed by atoms with Gasteiger partial charge in [0.1, 0.15) is 13.2 Å². The first-order valence-electron chi connectivity index (χ1n) is 22.9. The van der Waals surface area contributed by atoms with Crippen LogP contribution in [0.1, 0.15) is 66.6 Å². The summed E-state index contributed by atoms with van der Waals surface area (Å²) in [7, 11) is -3.84. The third kappa shape index (κ3) is 8.64. The number of aromatic amines is 1. The Morgan fingerprint density at radius 2 is 1.18 bits per heavy atom. The van der Waals surface area contributed by atoms with Crippen molar-refractivity contribution in [3.63, 3.8) is 0 Å². The van der Waals surface area contributed by atoms with Crippen LogP contribution in [0.15, 0.2) is 139 Å². The first kappa shape index (κ1) is 44.3. The number of piperidine rings is 2. The number of likely N-dealkylation sites (tertiary alicyclic amines) is 2. The van der Waals surface area contributed by atoms with Gasteiger partial charge in [0.25, 0.3) is 10.0 Å². The molecule has 4 atom stereocenters. The van der Waals surface area contributed by atoms with Crippen LogP contribution in [-0.4, -0.2) is 94.3 Å². The minimum absolute atomic E-state index is 0.0133. The van der Waals surface area contributed by atoms with Crippen LogP contribution in [0.25, 0.3) is 33.6 Å². The zero-order valence-electron chi connectivity index (χ0n) is 38.1. The summed E-state index contributed by atoms with van der Waals surface area (Å²) < 4.78 is 43.4. The number of nitrogens with zero attached hydrogens (tertiary/aromatic N) is 9. The fourth-order valence-corrected chi connectivity index (χ4v) is 10.7. The second-order valence-corrected chi connectivity index (χ2v) is 19.7. The van der Waals surface area contributed by atoms with E-state index in [4.69, 9.17) is 9.47 Å². The Kier molecular flexibility index (Phi) is 12.1. The minimum atomic E-state index is -3.84. The van der Waals surface area contributed by atoms with Crippen molar-refractivity contribution < 1.29 is 27.5 Å². The van der Waals surface area contributed by atoms with Gasteiger partial charge in [-0.3, -0.25) is 8.80 Å². The number of carbonyl (C=O) groups excluding carboxylic acids is 2. The van der Waals surface area contributed by atoms with Crippen molar-refractivity contribution in [2.75, 3.05) is 26.2 Å². The molecule has 1 N–H and O–H groups in total. The molecule has 0 spiro atoms. The molecule has 2 amide bonds. The molecular formula is C51H52N10O6S. The third-order valence-corrected chi connectivity index (χ3v) is 15.1. The van der Waals surface area contributed by atoms with Crippen LogP contribution < -0.4 is 0 Å². The van der Waals surface area contributed by atoms with E-state index in [9.17, 15) is 18.0 Å². The Bertz CT molecular complexity index is 3350. The Morgan fingerprint density at radius 1 is 0.647 bits per heavy atom. The number of nitrogens with one attached hydrogen (secondary N) is 1. The van der Waals surface area contributed by atoms with E-state index >= 15 is 0 Å². The average Bonchev–Trinajstić information content (AvgIpc) is 4.20. The van der Waals surface area contributed by atoms with Crippen LogP contribution in [0.5, 0.6) is 0 Å². The molecule has 0 saturated carbocycles. The Labute approximate surface area is 393 Å². The molecule has 3 aromatic carbocycles. The minimum Gasteiger partial charge on any atom is -0.445 e. The number of fused-ring (bicyclic) bond motifs is 6. The first-order valence-corrected chi connectivity index (χ1v) is 24.3. The van der Waals surface area contributed by atoms with Gasteiger partial charge in [0.05, 0.1) is 28.3 Å². The number of carbonyl (C=O) groups is 2. The van der Waals surface area contributed by atoms with Crippen LogP contribution in [0, 0.1) is 18.8 Å². The van der Waals surface area contributed by atoms with Gasteiger partial charge in [0, 0.05) is 74.2 Å². The van der Waals surface area contributed by atoms with Gasteiger partial charge in [-0.25, -0.2) is 41.9 Å². The summed E-state index contributed by atoms with van der Waals surface area (Å²) >= 11 is 0. The van der Waals surface area contributed by atoms with Crippen LogP contribution in [0.2, 0.25) is 0 Å². The topological polar surface area (TPSA) is 174 Å². The molecule has 4 unspecified atom stereocenters. The average molecular weight is 933 g/mol. The van der Waals surface area contributed by atoms with Gasteiger partial charge in [-0.1, -0.05) is 92.2 Å². The van der Waals surface area contributed by atoms with Crippen LogP contribution in [0.3, 0.4) is 0 Å². The predicted octanol–water partition coefficient (Wildman–Crippen LogP) is 8.96. The lowest BCUT2D eigenvalue weighted by Crippen LogP contribution is -2.42. The molecule has 8 heterocycles. The molecule has 2 fully saturated rings. The molecule has 0 radical (unpaired) electrons. The highest BCUT2D eigenvalue weighted by atomic mass is 32.2. The molecule has 0 bridgehead atoms.